The minimum atomic E-state index is -3.75. The molecule has 0 radical (unpaired) electrons. The standard InChI is InChI=1S/C22H22N2O4S/c1-24(19-10-4-2-5-11-19)29(26,27)21-14-8-9-18(17-21)23-22(25)15-16-28-20-12-6-3-7-13-20/h2-14,17H,15-16H2,1H3,(H,23,25). The largest absolute Gasteiger partial charge is 0.493 e. The zero-order chi connectivity index (χ0) is 20.7. The number of ether oxygens (including phenoxy) is 1. The van der Waals surface area contributed by atoms with Crippen LogP contribution in [0.5, 0.6) is 5.75 Å². The third kappa shape index (κ3) is 5.36. The predicted octanol–water partition coefficient (Wildman–Crippen LogP) is 3.92. The molecule has 0 atom stereocenters. The number of sulfonamides is 1. The normalized spacial score (nSPS) is 10.9. The van der Waals surface area contributed by atoms with Crippen molar-refractivity contribution in [2.45, 2.75) is 11.3 Å². The molecule has 3 aromatic rings. The zero-order valence-corrected chi connectivity index (χ0v) is 16.8. The van der Waals surface area contributed by atoms with E-state index in [2.05, 4.69) is 5.32 Å². The molecule has 0 bridgehead atoms. The molecule has 0 aliphatic rings. The summed E-state index contributed by atoms with van der Waals surface area (Å²) < 4.78 is 32.5. The monoisotopic (exact) mass is 410 g/mol. The Balaban J connectivity index is 1.63. The number of carbonyl (C=O) groups excluding carboxylic acids is 1. The van der Waals surface area contributed by atoms with E-state index < -0.39 is 10.0 Å². The van der Waals surface area contributed by atoms with Crippen LogP contribution in [0.3, 0.4) is 0 Å². The second kappa shape index (κ2) is 9.25. The maximum Gasteiger partial charge on any atom is 0.264 e. The van der Waals surface area contributed by atoms with Gasteiger partial charge in [0.25, 0.3) is 10.0 Å². The maximum absolute atomic E-state index is 12.9. The van der Waals surface area contributed by atoms with Crippen LogP contribution < -0.4 is 14.4 Å². The Morgan fingerprint density at radius 2 is 1.59 bits per heavy atom. The quantitative estimate of drug-likeness (QED) is 0.611. The summed E-state index contributed by atoms with van der Waals surface area (Å²) in [5, 5.41) is 2.72. The summed E-state index contributed by atoms with van der Waals surface area (Å²) in [6, 6.07) is 24.2. The van der Waals surface area contributed by atoms with Gasteiger partial charge < -0.3 is 10.1 Å². The first-order chi connectivity index (χ1) is 14.0. The molecule has 29 heavy (non-hydrogen) atoms. The van der Waals surface area contributed by atoms with Gasteiger partial charge >= 0.3 is 0 Å². The van der Waals surface area contributed by atoms with Crippen molar-refractivity contribution >= 4 is 27.3 Å². The fourth-order valence-corrected chi connectivity index (χ4v) is 3.91. The highest BCUT2D eigenvalue weighted by Gasteiger charge is 2.21. The van der Waals surface area contributed by atoms with Gasteiger partial charge in [0, 0.05) is 12.7 Å². The first-order valence-electron chi connectivity index (χ1n) is 9.08. The number of rotatable bonds is 8. The van der Waals surface area contributed by atoms with Crippen molar-refractivity contribution < 1.29 is 17.9 Å². The molecule has 6 nitrogen and oxygen atoms in total. The van der Waals surface area contributed by atoms with Crippen LogP contribution in [0.15, 0.2) is 89.8 Å². The van der Waals surface area contributed by atoms with Gasteiger partial charge in [-0.25, -0.2) is 8.42 Å². The van der Waals surface area contributed by atoms with Gasteiger partial charge in [0.2, 0.25) is 5.91 Å². The number of benzene rings is 3. The van der Waals surface area contributed by atoms with E-state index in [1.807, 2.05) is 36.4 Å². The molecule has 0 saturated heterocycles. The van der Waals surface area contributed by atoms with Gasteiger partial charge in [-0.2, -0.15) is 0 Å². The molecule has 7 heteroatoms. The highest BCUT2D eigenvalue weighted by Crippen LogP contribution is 2.23. The molecule has 3 rings (SSSR count). The van der Waals surface area contributed by atoms with Gasteiger partial charge in [0.15, 0.2) is 0 Å². The van der Waals surface area contributed by atoms with Crippen LogP contribution in [0.1, 0.15) is 6.42 Å². The van der Waals surface area contributed by atoms with E-state index in [0.29, 0.717) is 17.1 Å². The Morgan fingerprint density at radius 1 is 0.931 bits per heavy atom. The summed E-state index contributed by atoms with van der Waals surface area (Å²) in [5.74, 6) is 0.434. The molecule has 1 amide bonds. The molecule has 0 aromatic heterocycles. The summed E-state index contributed by atoms with van der Waals surface area (Å²) in [4.78, 5) is 12.3. The second-order valence-electron chi connectivity index (χ2n) is 6.30. The van der Waals surface area contributed by atoms with Crippen LogP contribution >= 0.6 is 0 Å². The van der Waals surface area contributed by atoms with Crippen molar-refractivity contribution in [3.63, 3.8) is 0 Å². The van der Waals surface area contributed by atoms with Crippen LogP contribution in [-0.4, -0.2) is 28.0 Å². The number of para-hydroxylation sites is 2. The third-order valence-corrected chi connectivity index (χ3v) is 6.02. The lowest BCUT2D eigenvalue weighted by molar-refractivity contribution is -0.116. The van der Waals surface area contributed by atoms with Crippen molar-refractivity contribution in [2.75, 3.05) is 23.3 Å². The lowest BCUT2D eigenvalue weighted by Gasteiger charge is -2.19. The fraction of sp³-hybridized carbons (Fsp3) is 0.136. The van der Waals surface area contributed by atoms with E-state index in [0.717, 1.165) is 0 Å². The summed E-state index contributed by atoms with van der Waals surface area (Å²) in [7, 11) is -2.25. The molecule has 0 unspecified atom stereocenters. The average molecular weight is 410 g/mol. The lowest BCUT2D eigenvalue weighted by Crippen LogP contribution is -2.26. The van der Waals surface area contributed by atoms with Crippen LogP contribution in [0.25, 0.3) is 0 Å². The van der Waals surface area contributed by atoms with E-state index in [1.165, 1.54) is 23.5 Å². The van der Waals surface area contributed by atoms with Crippen molar-refractivity contribution in [1.82, 2.24) is 0 Å². The SMILES string of the molecule is CN(c1ccccc1)S(=O)(=O)c1cccc(NC(=O)CCOc2ccccc2)c1. The molecule has 0 aliphatic carbocycles. The number of hydrogen-bond acceptors (Lipinski definition) is 4. The van der Waals surface area contributed by atoms with Crippen LogP contribution in [0.4, 0.5) is 11.4 Å². The number of anilines is 2. The molecule has 0 fully saturated rings. The van der Waals surface area contributed by atoms with Crippen LogP contribution in [0.2, 0.25) is 0 Å². The molecule has 3 aromatic carbocycles. The smallest absolute Gasteiger partial charge is 0.264 e. The minimum absolute atomic E-state index is 0.0992. The van der Waals surface area contributed by atoms with Gasteiger partial charge in [-0.1, -0.05) is 42.5 Å². The number of amides is 1. The summed E-state index contributed by atoms with van der Waals surface area (Å²) >= 11 is 0. The van der Waals surface area contributed by atoms with Gasteiger partial charge in [0.1, 0.15) is 5.75 Å². The van der Waals surface area contributed by atoms with Gasteiger partial charge in [-0.15, -0.1) is 0 Å². The highest BCUT2D eigenvalue weighted by molar-refractivity contribution is 7.92. The fourth-order valence-electron chi connectivity index (χ4n) is 2.67. The first kappa shape index (κ1) is 20.4. The molecule has 150 valence electrons. The summed E-state index contributed by atoms with van der Waals surface area (Å²) in [5.41, 5.74) is 0.970. The lowest BCUT2D eigenvalue weighted by atomic mass is 10.3. The summed E-state index contributed by atoms with van der Waals surface area (Å²) in [6.07, 6.45) is 0.149. The molecule has 1 N–H and O–H groups in total. The van der Waals surface area contributed by atoms with Crippen molar-refractivity contribution in [2.24, 2.45) is 0 Å². The molecule has 0 spiro atoms. The summed E-state index contributed by atoms with van der Waals surface area (Å²) in [6.45, 7) is 0.227. The van der Waals surface area contributed by atoms with Crippen LogP contribution in [0, 0.1) is 0 Å². The maximum atomic E-state index is 12.9. The second-order valence-corrected chi connectivity index (χ2v) is 8.26. The van der Waals surface area contributed by atoms with Gasteiger partial charge in [-0.05, 0) is 42.5 Å². The Bertz CT molecular complexity index is 1050. The Hall–Kier alpha value is -3.32. The molecular weight excluding hydrogens is 388 g/mol. The Labute approximate surface area is 170 Å². The van der Waals surface area contributed by atoms with Crippen molar-refractivity contribution in [3.05, 3.63) is 84.9 Å². The number of nitrogens with one attached hydrogen (secondary N) is 1. The Morgan fingerprint density at radius 3 is 2.28 bits per heavy atom. The van der Waals surface area contributed by atoms with E-state index in [1.54, 1.807) is 36.4 Å². The molecular formula is C22H22N2O4S. The zero-order valence-electron chi connectivity index (χ0n) is 16.0. The average Bonchev–Trinajstić information content (AvgIpc) is 2.75. The minimum Gasteiger partial charge on any atom is -0.493 e. The van der Waals surface area contributed by atoms with Crippen molar-refractivity contribution in [1.29, 1.82) is 0 Å². The van der Waals surface area contributed by atoms with Crippen LogP contribution in [-0.2, 0) is 14.8 Å². The Kier molecular flexibility index (Phi) is 6.51. The van der Waals surface area contributed by atoms with E-state index in [9.17, 15) is 13.2 Å². The molecule has 0 saturated carbocycles. The first-order valence-corrected chi connectivity index (χ1v) is 10.5. The molecule has 0 heterocycles. The molecule has 0 aliphatic heterocycles. The third-order valence-electron chi connectivity index (χ3n) is 4.24. The topological polar surface area (TPSA) is 75.7 Å². The van der Waals surface area contributed by atoms with Gasteiger partial charge in [-0.3, -0.25) is 9.10 Å². The van der Waals surface area contributed by atoms with Crippen molar-refractivity contribution in [3.8, 4) is 5.75 Å². The van der Waals surface area contributed by atoms with E-state index in [-0.39, 0.29) is 23.8 Å². The highest BCUT2D eigenvalue weighted by atomic mass is 32.2. The number of carbonyl (C=O) groups is 1. The van der Waals surface area contributed by atoms with E-state index in [4.69, 9.17) is 4.74 Å². The number of hydrogen-bond donors (Lipinski definition) is 1. The van der Waals surface area contributed by atoms with E-state index >= 15 is 0 Å². The van der Waals surface area contributed by atoms with Gasteiger partial charge in [0.05, 0.1) is 23.6 Å². The predicted molar refractivity (Wildman–Crippen MR) is 114 cm³/mol. The number of nitrogens with zero attached hydrogens (tertiary/aromatic N) is 1.